The zero-order valence-corrected chi connectivity index (χ0v) is 9.33. The summed E-state index contributed by atoms with van der Waals surface area (Å²) in [5.74, 6) is 0. The molecule has 0 saturated heterocycles. The lowest BCUT2D eigenvalue weighted by atomic mass is 10.0. The molecule has 0 nitrogen and oxygen atoms in total. The van der Waals surface area contributed by atoms with Gasteiger partial charge in [0, 0.05) is 0 Å². The van der Waals surface area contributed by atoms with E-state index in [1.54, 1.807) is 0 Å². The zero-order valence-electron chi connectivity index (χ0n) is 9.33. The Morgan fingerprint density at radius 1 is 0.867 bits per heavy atom. The first-order valence-electron chi connectivity index (χ1n) is 5.47. The number of hydrogen-bond donors (Lipinski definition) is 0. The van der Waals surface area contributed by atoms with Gasteiger partial charge in [-0.15, -0.1) is 0 Å². The minimum atomic E-state index is 1.10. The number of hydrogen-bond acceptors (Lipinski definition) is 0. The normalized spacial score (nSPS) is 12.7. The van der Waals surface area contributed by atoms with Crippen molar-refractivity contribution in [3.05, 3.63) is 59.7 Å². The Kier molecular flexibility index (Phi) is 2.86. The van der Waals surface area contributed by atoms with Crippen LogP contribution in [0, 0.1) is 0 Å². The second kappa shape index (κ2) is 4.31. The molecular formula is C15H16. The van der Waals surface area contributed by atoms with Crippen LogP contribution in [0.4, 0.5) is 0 Å². The van der Waals surface area contributed by atoms with Crippen LogP contribution < -0.4 is 0 Å². The molecule has 0 N–H and O–H groups in total. The molecule has 0 heterocycles. The highest BCUT2D eigenvalue weighted by molar-refractivity contribution is 5.94. The summed E-state index contributed by atoms with van der Waals surface area (Å²) in [6, 6.07) is 17.0. The van der Waals surface area contributed by atoms with E-state index in [0.717, 1.165) is 6.42 Å². The van der Waals surface area contributed by atoms with Gasteiger partial charge in [-0.05, 0) is 41.7 Å². The molecule has 0 unspecified atom stereocenters. The minimum Gasteiger partial charge on any atom is -0.0623 e. The molecule has 0 fully saturated rings. The summed E-state index contributed by atoms with van der Waals surface area (Å²) in [5.41, 5.74) is 5.60. The second-order valence-corrected chi connectivity index (χ2v) is 3.81. The predicted octanol–water partition coefficient (Wildman–Crippen LogP) is 4.47. The van der Waals surface area contributed by atoms with E-state index in [4.69, 9.17) is 0 Å². The molecule has 0 aliphatic heterocycles. The highest BCUT2D eigenvalue weighted by Gasteiger charge is 2.10. The first-order chi connectivity index (χ1) is 7.33. The molecule has 0 radical (unpaired) electrons. The summed E-state index contributed by atoms with van der Waals surface area (Å²) in [4.78, 5) is 0. The Hall–Kier alpha value is -1.56. The second-order valence-electron chi connectivity index (χ2n) is 3.81. The molecule has 76 valence electrons. The highest BCUT2D eigenvalue weighted by atomic mass is 14.2. The van der Waals surface area contributed by atoms with Crippen molar-refractivity contribution in [2.45, 2.75) is 20.3 Å². The number of fused-ring (bicyclic) bond motifs is 2. The highest BCUT2D eigenvalue weighted by Crippen LogP contribution is 2.33. The lowest BCUT2D eigenvalue weighted by Crippen LogP contribution is -1.76. The van der Waals surface area contributed by atoms with Crippen LogP contribution in [0.2, 0.25) is 0 Å². The molecule has 2 rings (SSSR count). The fourth-order valence-corrected chi connectivity index (χ4v) is 2.06. The van der Waals surface area contributed by atoms with Gasteiger partial charge in [0.15, 0.2) is 0 Å². The lowest BCUT2D eigenvalue weighted by Gasteiger charge is -2.00. The van der Waals surface area contributed by atoms with E-state index in [0.29, 0.717) is 0 Å². The van der Waals surface area contributed by atoms with Gasteiger partial charge in [-0.2, -0.15) is 0 Å². The predicted molar refractivity (Wildman–Crippen MR) is 66.8 cm³/mol. The number of allylic oxidation sites excluding steroid dienone is 2. The molecular weight excluding hydrogens is 180 g/mol. The lowest BCUT2D eigenvalue weighted by molar-refractivity contribution is 1.25. The van der Waals surface area contributed by atoms with E-state index < -0.39 is 0 Å². The van der Waals surface area contributed by atoms with Gasteiger partial charge in [0.05, 0.1) is 0 Å². The average molecular weight is 196 g/mol. The first kappa shape index (κ1) is 9.97. The maximum atomic E-state index is 2.27. The summed E-state index contributed by atoms with van der Waals surface area (Å²) in [7, 11) is 0. The molecule has 0 heteroatoms. The smallest absolute Gasteiger partial charge is 0.0216 e. The molecule has 0 aromatic heterocycles. The van der Waals surface area contributed by atoms with Crippen LogP contribution in [0.5, 0.6) is 0 Å². The van der Waals surface area contributed by atoms with Gasteiger partial charge in [0.1, 0.15) is 0 Å². The van der Waals surface area contributed by atoms with Crippen molar-refractivity contribution < 1.29 is 0 Å². The van der Waals surface area contributed by atoms with E-state index in [2.05, 4.69) is 62.4 Å². The van der Waals surface area contributed by atoms with Crippen LogP contribution in [-0.2, 0) is 0 Å². The fraction of sp³-hybridized carbons (Fsp3) is 0.200. The zero-order chi connectivity index (χ0) is 10.7. The molecule has 2 bridgehead atoms. The minimum absolute atomic E-state index is 1.10. The third-order valence-corrected chi connectivity index (χ3v) is 2.89. The maximum absolute atomic E-state index is 2.27. The Morgan fingerprint density at radius 2 is 1.47 bits per heavy atom. The van der Waals surface area contributed by atoms with Crippen molar-refractivity contribution in [3.8, 4) is 0 Å². The molecule has 1 aliphatic carbocycles. The van der Waals surface area contributed by atoms with Crippen LogP contribution in [0.15, 0.2) is 48.5 Å². The van der Waals surface area contributed by atoms with Gasteiger partial charge >= 0.3 is 0 Å². The maximum Gasteiger partial charge on any atom is -0.0216 e. The van der Waals surface area contributed by atoms with Gasteiger partial charge in [-0.25, -0.2) is 0 Å². The Morgan fingerprint density at radius 3 is 2.13 bits per heavy atom. The monoisotopic (exact) mass is 196 g/mol. The van der Waals surface area contributed by atoms with Gasteiger partial charge in [0.25, 0.3) is 0 Å². The Balaban J connectivity index is 2.68. The molecule has 15 heavy (non-hydrogen) atoms. The summed E-state index contributed by atoms with van der Waals surface area (Å²) < 4.78 is 0. The van der Waals surface area contributed by atoms with Gasteiger partial charge in [-0.1, -0.05) is 49.4 Å². The quantitative estimate of drug-likeness (QED) is 0.622. The third-order valence-electron chi connectivity index (χ3n) is 2.89. The van der Waals surface area contributed by atoms with E-state index >= 15 is 0 Å². The van der Waals surface area contributed by atoms with E-state index in [1.165, 1.54) is 22.3 Å². The molecule has 0 atom stereocenters. The standard InChI is InChI=1S/C15H16/c1-3-15-12(2)13-9-7-5-4-6-8-10-14(15)11-13/h4-11H,3H2,1-2H3. The summed E-state index contributed by atoms with van der Waals surface area (Å²) in [6.07, 6.45) is 1.10. The van der Waals surface area contributed by atoms with Crippen molar-refractivity contribution >= 4 is 11.1 Å². The van der Waals surface area contributed by atoms with Crippen molar-refractivity contribution in [1.29, 1.82) is 0 Å². The molecule has 0 amide bonds. The van der Waals surface area contributed by atoms with E-state index in [-0.39, 0.29) is 0 Å². The van der Waals surface area contributed by atoms with Crippen LogP contribution in [0.1, 0.15) is 31.4 Å². The van der Waals surface area contributed by atoms with Crippen LogP contribution >= 0.6 is 0 Å². The van der Waals surface area contributed by atoms with Gasteiger partial charge < -0.3 is 0 Å². The summed E-state index contributed by atoms with van der Waals surface area (Å²) in [5, 5.41) is 0. The van der Waals surface area contributed by atoms with Crippen molar-refractivity contribution in [2.24, 2.45) is 0 Å². The Labute approximate surface area is 91.6 Å². The number of rotatable bonds is 1. The van der Waals surface area contributed by atoms with Gasteiger partial charge in [0.2, 0.25) is 0 Å². The van der Waals surface area contributed by atoms with Crippen LogP contribution in [-0.4, -0.2) is 0 Å². The molecule has 0 spiro atoms. The Bertz CT molecular complexity index is 451. The molecule has 1 aromatic carbocycles. The van der Waals surface area contributed by atoms with Crippen LogP contribution in [0.25, 0.3) is 11.1 Å². The SMILES string of the molecule is CCC1=C(C)c2cccccccc1c2. The third kappa shape index (κ3) is 1.94. The van der Waals surface area contributed by atoms with Gasteiger partial charge in [-0.3, -0.25) is 0 Å². The largest absolute Gasteiger partial charge is 0.0623 e. The van der Waals surface area contributed by atoms with E-state index in [9.17, 15) is 0 Å². The molecule has 1 aliphatic rings. The topological polar surface area (TPSA) is 0 Å². The molecule has 1 aromatic rings. The van der Waals surface area contributed by atoms with E-state index in [1.807, 2.05) is 0 Å². The van der Waals surface area contributed by atoms with Crippen LogP contribution in [0.3, 0.4) is 0 Å². The van der Waals surface area contributed by atoms with Crippen molar-refractivity contribution in [1.82, 2.24) is 0 Å². The first-order valence-corrected chi connectivity index (χ1v) is 5.47. The average Bonchev–Trinajstić information content (AvgIpc) is 2.54. The van der Waals surface area contributed by atoms with Crippen molar-refractivity contribution in [2.75, 3.05) is 0 Å². The van der Waals surface area contributed by atoms with Crippen molar-refractivity contribution in [3.63, 3.8) is 0 Å². The fourth-order valence-electron chi connectivity index (χ4n) is 2.06. The summed E-state index contributed by atoms with van der Waals surface area (Å²) in [6.45, 7) is 4.43. The molecule has 0 saturated carbocycles. The summed E-state index contributed by atoms with van der Waals surface area (Å²) >= 11 is 0.